The van der Waals surface area contributed by atoms with E-state index in [4.69, 9.17) is 19.3 Å². The molecule has 0 bridgehead atoms. The summed E-state index contributed by atoms with van der Waals surface area (Å²) >= 11 is 0. The van der Waals surface area contributed by atoms with E-state index in [0.717, 1.165) is 31.8 Å². The SMILES string of the molecule is C=CC(=O)OCCCCCCOc1ccc(OC(=O)[C@H]2CC[C@@H](C(=O)O)CC2)cc1. The summed E-state index contributed by atoms with van der Waals surface area (Å²) in [7, 11) is 0. The Morgan fingerprint density at radius 1 is 0.900 bits per heavy atom. The number of benzene rings is 1. The molecule has 0 amide bonds. The van der Waals surface area contributed by atoms with Gasteiger partial charge in [0.05, 0.1) is 25.0 Å². The van der Waals surface area contributed by atoms with Gasteiger partial charge in [-0.1, -0.05) is 6.58 Å². The lowest BCUT2D eigenvalue weighted by molar-refractivity contribution is -0.146. The Morgan fingerprint density at radius 3 is 2.07 bits per heavy atom. The molecule has 1 N–H and O–H groups in total. The van der Waals surface area contributed by atoms with Crippen LogP contribution in [0, 0.1) is 11.8 Å². The first-order chi connectivity index (χ1) is 14.5. The monoisotopic (exact) mass is 418 g/mol. The van der Waals surface area contributed by atoms with Gasteiger partial charge in [-0.15, -0.1) is 0 Å². The molecule has 0 atom stereocenters. The standard InChI is InChI=1S/C23H30O7/c1-2-21(24)29-16-6-4-3-5-15-28-19-11-13-20(14-12-19)30-23(27)18-9-7-17(8-10-18)22(25)26/h2,11-14,17-18H,1,3-10,15-16H2,(H,25,26)/t17-,18+. The molecule has 0 aromatic heterocycles. The van der Waals surface area contributed by atoms with Crippen molar-refractivity contribution in [3.63, 3.8) is 0 Å². The van der Waals surface area contributed by atoms with Crippen LogP contribution in [0.1, 0.15) is 51.4 Å². The zero-order valence-corrected chi connectivity index (χ0v) is 17.2. The number of carbonyl (C=O) groups excluding carboxylic acids is 2. The summed E-state index contributed by atoms with van der Waals surface area (Å²) in [4.78, 5) is 34.2. The lowest BCUT2D eigenvalue weighted by Crippen LogP contribution is -2.28. The molecule has 2 rings (SSSR count). The van der Waals surface area contributed by atoms with Crippen LogP contribution in [-0.4, -0.2) is 36.2 Å². The van der Waals surface area contributed by atoms with Crippen LogP contribution < -0.4 is 9.47 Å². The predicted octanol–water partition coefficient (Wildman–Crippen LogP) is 4.15. The van der Waals surface area contributed by atoms with Gasteiger partial charge in [0.2, 0.25) is 0 Å². The molecule has 164 valence electrons. The van der Waals surface area contributed by atoms with Gasteiger partial charge in [-0.25, -0.2) is 4.79 Å². The second kappa shape index (κ2) is 12.7. The van der Waals surface area contributed by atoms with E-state index in [1.54, 1.807) is 24.3 Å². The maximum Gasteiger partial charge on any atom is 0.330 e. The van der Waals surface area contributed by atoms with E-state index >= 15 is 0 Å². The van der Waals surface area contributed by atoms with Gasteiger partial charge in [0, 0.05) is 6.08 Å². The molecule has 1 aliphatic carbocycles. The van der Waals surface area contributed by atoms with Crippen molar-refractivity contribution in [3.05, 3.63) is 36.9 Å². The van der Waals surface area contributed by atoms with Gasteiger partial charge in [0.15, 0.2) is 0 Å². The highest BCUT2D eigenvalue weighted by atomic mass is 16.5. The molecular formula is C23H30O7. The second-order valence-corrected chi connectivity index (χ2v) is 7.41. The lowest BCUT2D eigenvalue weighted by atomic mass is 9.82. The zero-order chi connectivity index (χ0) is 21.8. The van der Waals surface area contributed by atoms with Crippen LogP contribution in [0.4, 0.5) is 0 Å². The summed E-state index contributed by atoms with van der Waals surface area (Å²) in [6, 6.07) is 6.92. The molecule has 1 aromatic carbocycles. The maximum atomic E-state index is 12.3. The van der Waals surface area contributed by atoms with Crippen LogP contribution in [0.2, 0.25) is 0 Å². The highest BCUT2D eigenvalue weighted by Crippen LogP contribution is 2.30. The average molecular weight is 418 g/mol. The molecule has 30 heavy (non-hydrogen) atoms. The predicted molar refractivity (Wildman–Crippen MR) is 110 cm³/mol. The molecule has 7 heteroatoms. The van der Waals surface area contributed by atoms with E-state index < -0.39 is 11.9 Å². The molecule has 0 radical (unpaired) electrons. The zero-order valence-electron chi connectivity index (χ0n) is 17.2. The summed E-state index contributed by atoms with van der Waals surface area (Å²) in [5, 5.41) is 9.03. The maximum absolute atomic E-state index is 12.3. The first kappa shape index (κ1) is 23.4. The molecule has 1 saturated carbocycles. The van der Waals surface area contributed by atoms with Gasteiger partial charge in [-0.05, 0) is 75.6 Å². The van der Waals surface area contributed by atoms with Gasteiger partial charge >= 0.3 is 17.9 Å². The number of ether oxygens (including phenoxy) is 3. The van der Waals surface area contributed by atoms with E-state index in [-0.39, 0.29) is 17.8 Å². The fourth-order valence-corrected chi connectivity index (χ4v) is 3.36. The minimum atomic E-state index is -0.786. The van der Waals surface area contributed by atoms with Crippen molar-refractivity contribution in [3.8, 4) is 11.5 Å². The van der Waals surface area contributed by atoms with E-state index in [2.05, 4.69) is 6.58 Å². The number of hydrogen-bond donors (Lipinski definition) is 1. The molecule has 0 saturated heterocycles. The summed E-state index contributed by atoms with van der Waals surface area (Å²) in [6.07, 6.45) is 6.93. The van der Waals surface area contributed by atoms with E-state index in [0.29, 0.717) is 50.4 Å². The van der Waals surface area contributed by atoms with E-state index in [1.165, 1.54) is 0 Å². The van der Waals surface area contributed by atoms with E-state index in [1.807, 2.05) is 0 Å². The summed E-state index contributed by atoms with van der Waals surface area (Å²) in [6.45, 7) is 4.34. The third-order valence-electron chi connectivity index (χ3n) is 5.17. The summed E-state index contributed by atoms with van der Waals surface area (Å²) in [5.41, 5.74) is 0. The highest BCUT2D eigenvalue weighted by Gasteiger charge is 2.30. The fourth-order valence-electron chi connectivity index (χ4n) is 3.36. The Labute approximate surface area is 177 Å². The smallest absolute Gasteiger partial charge is 0.330 e. The normalized spacial score (nSPS) is 18.3. The molecule has 1 fully saturated rings. The van der Waals surface area contributed by atoms with Gasteiger partial charge in [0.1, 0.15) is 11.5 Å². The number of carboxylic acid groups (broad SMARTS) is 1. The molecule has 0 unspecified atom stereocenters. The van der Waals surface area contributed by atoms with Crippen molar-refractivity contribution in [2.75, 3.05) is 13.2 Å². The topological polar surface area (TPSA) is 99.1 Å². The number of hydrogen-bond acceptors (Lipinski definition) is 6. The Morgan fingerprint density at radius 2 is 1.47 bits per heavy atom. The van der Waals surface area contributed by atoms with Crippen LogP contribution in [-0.2, 0) is 19.1 Å². The molecule has 7 nitrogen and oxygen atoms in total. The molecular weight excluding hydrogens is 388 g/mol. The van der Waals surface area contributed by atoms with Crippen LogP contribution in [0.3, 0.4) is 0 Å². The van der Waals surface area contributed by atoms with Crippen molar-refractivity contribution >= 4 is 17.9 Å². The van der Waals surface area contributed by atoms with Crippen molar-refractivity contribution in [2.24, 2.45) is 11.8 Å². The van der Waals surface area contributed by atoms with E-state index in [9.17, 15) is 14.4 Å². The summed E-state index contributed by atoms with van der Waals surface area (Å²) in [5.74, 6) is -0.897. The number of carbonyl (C=O) groups is 3. The largest absolute Gasteiger partial charge is 0.494 e. The second-order valence-electron chi connectivity index (χ2n) is 7.41. The lowest BCUT2D eigenvalue weighted by Gasteiger charge is -2.24. The van der Waals surface area contributed by atoms with Crippen LogP contribution in [0.5, 0.6) is 11.5 Å². The molecule has 0 spiro atoms. The van der Waals surface area contributed by atoms with Crippen molar-refractivity contribution < 1.29 is 33.7 Å². The Balaban J connectivity index is 1.59. The third kappa shape index (κ3) is 8.27. The van der Waals surface area contributed by atoms with Gasteiger partial charge in [-0.3, -0.25) is 9.59 Å². The Kier molecular flexibility index (Phi) is 9.91. The summed E-state index contributed by atoms with van der Waals surface area (Å²) < 4.78 is 16.0. The molecule has 1 aromatic rings. The highest BCUT2D eigenvalue weighted by molar-refractivity contribution is 5.81. The fraction of sp³-hybridized carbons (Fsp3) is 0.522. The Bertz CT molecular complexity index is 703. The number of carboxylic acids is 1. The minimum absolute atomic E-state index is 0.239. The quantitative estimate of drug-likeness (QED) is 0.236. The van der Waals surface area contributed by atoms with Crippen molar-refractivity contribution in [1.82, 2.24) is 0 Å². The van der Waals surface area contributed by atoms with Crippen molar-refractivity contribution in [2.45, 2.75) is 51.4 Å². The molecule has 0 aliphatic heterocycles. The molecule has 0 heterocycles. The van der Waals surface area contributed by atoms with Gasteiger partial charge in [0.25, 0.3) is 0 Å². The average Bonchev–Trinajstić information content (AvgIpc) is 2.76. The van der Waals surface area contributed by atoms with Crippen LogP contribution in [0.25, 0.3) is 0 Å². The van der Waals surface area contributed by atoms with Crippen molar-refractivity contribution in [1.29, 1.82) is 0 Å². The minimum Gasteiger partial charge on any atom is -0.494 e. The first-order valence-electron chi connectivity index (χ1n) is 10.5. The first-order valence-corrected chi connectivity index (χ1v) is 10.5. The number of esters is 2. The van der Waals surface area contributed by atoms with Crippen LogP contribution >= 0.6 is 0 Å². The van der Waals surface area contributed by atoms with Crippen LogP contribution in [0.15, 0.2) is 36.9 Å². The van der Waals surface area contributed by atoms with Gasteiger partial charge < -0.3 is 19.3 Å². The third-order valence-corrected chi connectivity index (χ3v) is 5.17. The number of aliphatic carboxylic acids is 1. The Hall–Kier alpha value is -2.83. The molecule has 1 aliphatic rings. The van der Waals surface area contributed by atoms with Gasteiger partial charge in [-0.2, -0.15) is 0 Å². The number of rotatable bonds is 12. The number of unbranched alkanes of at least 4 members (excludes halogenated alkanes) is 3.